The number of nitrogens with zero attached hydrogens (tertiary/aromatic N) is 3. The largest absolute Gasteiger partial charge is 0.328 e. The Morgan fingerprint density at radius 3 is 2.67 bits per heavy atom. The maximum atomic E-state index is 5.84. The van der Waals surface area contributed by atoms with E-state index in [1.807, 2.05) is 0 Å². The number of nitrogens with two attached hydrogens (primary N) is 1. The molecule has 0 saturated carbocycles. The molecular weight excluding hydrogens is 212 g/mol. The predicted octanol–water partition coefficient (Wildman–Crippen LogP) is 1.05. The second kappa shape index (κ2) is 4.88. The van der Waals surface area contributed by atoms with Crippen molar-refractivity contribution >= 4 is 11.6 Å². The normalized spacial score (nSPS) is 19.3. The Labute approximate surface area is 94.5 Å². The smallest absolute Gasteiger partial charge is 0.147 e. The quantitative estimate of drug-likeness (QED) is 0.819. The van der Waals surface area contributed by atoms with Crippen LogP contribution in [0.4, 0.5) is 0 Å². The highest BCUT2D eigenvalue weighted by Crippen LogP contribution is 2.11. The molecule has 5 heteroatoms. The fourth-order valence-electron chi connectivity index (χ4n) is 1.76. The molecule has 1 aromatic rings. The van der Waals surface area contributed by atoms with Crippen molar-refractivity contribution in [1.29, 1.82) is 0 Å². The third-order valence-corrected chi connectivity index (χ3v) is 2.89. The number of rotatable bonds is 2. The lowest BCUT2D eigenvalue weighted by Gasteiger charge is -2.29. The van der Waals surface area contributed by atoms with Crippen LogP contribution in [-0.2, 0) is 6.54 Å². The van der Waals surface area contributed by atoms with Crippen LogP contribution >= 0.6 is 11.6 Å². The SMILES string of the molecule is NC1CCN(Cc2cnc(Cl)cn2)CC1. The van der Waals surface area contributed by atoms with E-state index >= 15 is 0 Å². The Kier molecular flexibility index (Phi) is 3.51. The van der Waals surface area contributed by atoms with Gasteiger partial charge in [0.25, 0.3) is 0 Å². The summed E-state index contributed by atoms with van der Waals surface area (Å²) in [5, 5.41) is 0.444. The first-order valence-electron chi connectivity index (χ1n) is 5.18. The third-order valence-electron chi connectivity index (χ3n) is 2.69. The van der Waals surface area contributed by atoms with Crippen molar-refractivity contribution < 1.29 is 0 Å². The van der Waals surface area contributed by atoms with Crippen molar-refractivity contribution in [3.05, 3.63) is 23.2 Å². The summed E-state index contributed by atoms with van der Waals surface area (Å²) in [5.41, 5.74) is 6.81. The molecule has 4 nitrogen and oxygen atoms in total. The van der Waals surface area contributed by atoms with Crippen molar-refractivity contribution in [1.82, 2.24) is 14.9 Å². The minimum Gasteiger partial charge on any atom is -0.328 e. The van der Waals surface area contributed by atoms with Crippen LogP contribution < -0.4 is 5.73 Å². The average molecular weight is 227 g/mol. The number of halogens is 1. The van der Waals surface area contributed by atoms with Crippen molar-refractivity contribution in [2.75, 3.05) is 13.1 Å². The minimum atomic E-state index is 0.373. The molecule has 0 radical (unpaired) electrons. The van der Waals surface area contributed by atoms with E-state index in [4.69, 9.17) is 17.3 Å². The highest BCUT2D eigenvalue weighted by atomic mass is 35.5. The van der Waals surface area contributed by atoms with Gasteiger partial charge in [0.05, 0.1) is 18.1 Å². The molecule has 0 amide bonds. The van der Waals surface area contributed by atoms with Gasteiger partial charge in [-0.25, -0.2) is 4.98 Å². The number of hydrogen-bond donors (Lipinski definition) is 1. The highest BCUT2D eigenvalue weighted by molar-refractivity contribution is 6.29. The average Bonchev–Trinajstić information content (AvgIpc) is 2.25. The summed E-state index contributed by atoms with van der Waals surface area (Å²) in [7, 11) is 0. The highest BCUT2D eigenvalue weighted by Gasteiger charge is 2.16. The zero-order valence-electron chi connectivity index (χ0n) is 8.56. The van der Waals surface area contributed by atoms with Gasteiger partial charge in [0.1, 0.15) is 5.15 Å². The van der Waals surface area contributed by atoms with E-state index in [-0.39, 0.29) is 0 Å². The molecule has 1 saturated heterocycles. The van der Waals surface area contributed by atoms with E-state index in [9.17, 15) is 0 Å². The molecule has 1 aliphatic heterocycles. The molecule has 1 aromatic heterocycles. The van der Waals surface area contributed by atoms with Crippen LogP contribution in [0.1, 0.15) is 18.5 Å². The van der Waals surface area contributed by atoms with E-state index < -0.39 is 0 Å². The summed E-state index contributed by atoms with van der Waals surface area (Å²) >= 11 is 5.67. The molecule has 2 heterocycles. The molecule has 82 valence electrons. The van der Waals surface area contributed by atoms with Gasteiger partial charge in [-0.15, -0.1) is 0 Å². The third kappa shape index (κ3) is 3.12. The van der Waals surface area contributed by atoms with Gasteiger partial charge in [0, 0.05) is 25.7 Å². The van der Waals surface area contributed by atoms with Crippen LogP contribution in [0, 0.1) is 0 Å². The van der Waals surface area contributed by atoms with E-state index in [0.717, 1.165) is 38.2 Å². The summed E-state index contributed by atoms with van der Waals surface area (Å²) in [6.07, 6.45) is 5.46. The molecule has 2 rings (SSSR count). The number of likely N-dealkylation sites (tertiary alicyclic amines) is 1. The fourth-order valence-corrected chi connectivity index (χ4v) is 1.86. The number of aromatic nitrogens is 2. The maximum Gasteiger partial charge on any atom is 0.147 e. The lowest BCUT2D eigenvalue weighted by molar-refractivity contribution is 0.203. The topological polar surface area (TPSA) is 55.0 Å². The monoisotopic (exact) mass is 226 g/mol. The standard InChI is InChI=1S/C10H15ClN4/c11-10-6-13-9(5-14-10)7-15-3-1-8(12)2-4-15/h5-6,8H,1-4,7,12H2. The molecule has 1 fully saturated rings. The second-order valence-electron chi connectivity index (χ2n) is 3.94. The van der Waals surface area contributed by atoms with Crippen molar-refractivity contribution in [2.45, 2.75) is 25.4 Å². The number of piperidine rings is 1. The Morgan fingerprint density at radius 1 is 1.33 bits per heavy atom. The van der Waals surface area contributed by atoms with Gasteiger partial charge in [-0.1, -0.05) is 11.6 Å². The summed E-state index contributed by atoms with van der Waals surface area (Å²) < 4.78 is 0. The van der Waals surface area contributed by atoms with E-state index in [2.05, 4.69) is 14.9 Å². The molecule has 0 atom stereocenters. The summed E-state index contributed by atoms with van der Waals surface area (Å²) in [6.45, 7) is 2.94. The van der Waals surface area contributed by atoms with Crippen LogP contribution in [0.5, 0.6) is 0 Å². The van der Waals surface area contributed by atoms with Crippen LogP contribution in [0.25, 0.3) is 0 Å². The maximum absolute atomic E-state index is 5.84. The zero-order chi connectivity index (χ0) is 10.7. The Hall–Kier alpha value is -0.710. The molecule has 0 spiro atoms. The predicted molar refractivity (Wildman–Crippen MR) is 59.5 cm³/mol. The van der Waals surface area contributed by atoms with E-state index in [1.165, 1.54) is 0 Å². The van der Waals surface area contributed by atoms with Gasteiger partial charge in [0.15, 0.2) is 0 Å². The Bertz CT molecular complexity index is 306. The van der Waals surface area contributed by atoms with E-state index in [0.29, 0.717) is 11.2 Å². The van der Waals surface area contributed by atoms with Gasteiger partial charge in [-0.05, 0) is 12.8 Å². The first-order valence-corrected chi connectivity index (χ1v) is 5.56. The lowest BCUT2D eigenvalue weighted by atomic mass is 10.1. The molecule has 0 bridgehead atoms. The minimum absolute atomic E-state index is 0.373. The molecule has 2 N–H and O–H groups in total. The van der Waals surface area contributed by atoms with Crippen LogP contribution in [0.15, 0.2) is 12.4 Å². The van der Waals surface area contributed by atoms with Gasteiger partial charge in [-0.3, -0.25) is 9.88 Å². The molecule has 0 unspecified atom stereocenters. The number of hydrogen-bond acceptors (Lipinski definition) is 4. The Balaban J connectivity index is 1.89. The van der Waals surface area contributed by atoms with Gasteiger partial charge in [0.2, 0.25) is 0 Å². The Morgan fingerprint density at radius 2 is 2.07 bits per heavy atom. The van der Waals surface area contributed by atoms with Crippen molar-refractivity contribution in [2.24, 2.45) is 5.73 Å². The summed E-state index contributed by atoms with van der Waals surface area (Å²) in [5.74, 6) is 0. The first-order chi connectivity index (χ1) is 7.24. The van der Waals surface area contributed by atoms with Gasteiger partial charge >= 0.3 is 0 Å². The second-order valence-corrected chi connectivity index (χ2v) is 4.33. The van der Waals surface area contributed by atoms with Gasteiger partial charge < -0.3 is 5.73 Å². The molecular formula is C10H15ClN4. The fraction of sp³-hybridized carbons (Fsp3) is 0.600. The lowest BCUT2D eigenvalue weighted by Crippen LogP contribution is -2.39. The zero-order valence-corrected chi connectivity index (χ0v) is 9.32. The van der Waals surface area contributed by atoms with Crippen LogP contribution in [-0.4, -0.2) is 34.0 Å². The molecule has 0 aromatic carbocycles. The van der Waals surface area contributed by atoms with Crippen molar-refractivity contribution in [3.8, 4) is 0 Å². The summed E-state index contributed by atoms with van der Waals surface area (Å²) in [4.78, 5) is 10.6. The molecule has 0 aliphatic carbocycles. The van der Waals surface area contributed by atoms with Crippen molar-refractivity contribution in [3.63, 3.8) is 0 Å². The van der Waals surface area contributed by atoms with Crippen LogP contribution in [0.2, 0.25) is 5.15 Å². The van der Waals surface area contributed by atoms with Gasteiger partial charge in [-0.2, -0.15) is 0 Å². The first kappa shape index (κ1) is 10.8. The summed E-state index contributed by atoms with van der Waals surface area (Å²) in [6, 6.07) is 0.373. The molecule has 1 aliphatic rings. The molecule has 15 heavy (non-hydrogen) atoms. The van der Waals surface area contributed by atoms with E-state index in [1.54, 1.807) is 12.4 Å². The van der Waals surface area contributed by atoms with Crippen LogP contribution in [0.3, 0.4) is 0 Å².